The van der Waals surface area contributed by atoms with Crippen molar-refractivity contribution in [1.29, 1.82) is 0 Å². The van der Waals surface area contributed by atoms with Gasteiger partial charge in [0.25, 0.3) is 0 Å². The highest BCUT2D eigenvalue weighted by Crippen LogP contribution is 1.97. The number of carboxylic acids is 1. The molecule has 20 heavy (non-hydrogen) atoms. The molecule has 0 aromatic rings. The molecule has 0 heterocycles. The van der Waals surface area contributed by atoms with Gasteiger partial charge in [-0.05, 0) is 6.42 Å². The first-order valence-corrected chi connectivity index (χ1v) is 6.43. The predicted octanol–water partition coefficient (Wildman–Crippen LogP) is -2.98. The average molecular weight is 309 g/mol. The van der Waals surface area contributed by atoms with Gasteiger partial charge in [-0.25, -0.2) is 0 Å². The molecule has 116 valence electrons. The first kappa shape index (κ1) is 18.6. The van der Waals surface area contributed by atoms with E-state index >= 15 is 0 Å². The number of hydrogen-bond acceptors (Lipinski definition) is 7. The summed E-state index contributed by atoms with van der Waals surface area (Å²) >= 11 is 3.90. The van der Waals surface area contributed by atoms with Crippen LogP contribution in [0.4, 0.5) is 0 Å². The highest BCUT2D eigenvalue weighted by atomic mass is 32.1. The molecule has 0 radical (unpaired) electrons. The highest BCUT2D eigenvalue weighted by Gasteiger charge is 2.20. The zero-order valence-corrected chi connectivity index (χ0v) is 11.5. The van der Waals surface area contributed by atoms with Crippen molar-refractivity contribution < 1.29 is 29.7 Å². The zero-order valence-electron chi connectivity index (χ0n) is 10.7. The number of nitrogens with one attached hydrogen (secondary N) is 2. The van der Waals surface area contributed by atoms with Gasteiger partial charge in [0.05, 0.1) is 6.54 Å². The van der Waals surface area contributed by atoms with Gasteiger partial charge >= 0.3 is 5.97 Å². The molecular weight excluding hydrogens is 290 g/mol. The lowest BCUT2D eigenvalue weighted by atomic mass is 10.1. The van der Waals surface area contributed by atoms with E-state index in [9.17, 15) is 14.4 Å². The first-order valence-electron chi connectivity index (χ1n) is 5.80. The number of rotatable bonds is 9. The SMILES string of the molecule is NC(CCC(=O)NC(CS)C(=O)NCC(O)O)C(=O)O. The molecule has 2 atom stereocenters. The molecule has 0 aliphatic carbocycles. The van der Waals surface area contributed by atoms with E-state index in [1.807, 2.05) is 0 Å². The molecule has 7 N–H and O–H groups in total. The fourth-order valence-corrected chi connectivity index (χ4v) is 1.44. The second-order valence-corrected chi connectivity index (χ2v) is 4.38. The van der Waals surface area contributed by atoms with Crippen molar-refractivity contribution in [2.45, 2.75) is 31.2 Å². The summed E-state index contributed by atoms with van der Waals surface area (Å²) in [7, 11) is 0. The fourth-order valence-electron chi connectivity index (χ4n) is 1.19. The van der Waals surface area contributed by atoms with E-state index in [4.69, 9.17) is 21.1 Å². The van der Waals surface area contributed by atoms with E-state index in [-0.39, 0.29) is 25.1 Å². The number of aliphatic hydroxyl groups excluding tert-OH is 1. The molecule has 0 saturated heterocycles. The molecule has 0 saturated carbocycles. The van der Waals surface area contributed by atoms with E-state index in [0.717, 1.165) is 0 Å². The van der Waals surface area contributed by atoms with E-state index in [2.05, 4.69) is 23.3 Å². The molecule has 10 heteroatoms. The van der Waals surface area contributed by atoms with Crippen LogP contribution in [0.3, 0.4) is 0 Å². The average Bonchev–Trinajstić information content (AvgIpc) is 2.38. The summed E-state index contributed by atoms with van der Waals surface area (Å²) in [6.45, 7) is -0.372. The maximum absolute atomic E-state index is 11.5. The number of carbonyl (C=O) groups excluding carboxylic acids is 2. The van der Waals surface area contributed by atoms with Crippen molar-refractivity contribution >= 4 is 30.4 Å². The molecule has 0 aliphatic rings. The molecule has 2 unspecified atom stereocenters. The van der Waals surface area contributed by atoms with Gasteiger partial charge < -0.3 is 31.7 Å². The van der Waals surface area contributed by atoms with Crippen LogP contribution in [-0.4, -0.2) is 63.8 Å². The van der Waals surface area contributed by atoms with E-state index < -0.39 is 36.2 Å². The van der Waals surface area contributed by atoms with Crippen molar-refractivity contribution in [3.63, 3.8) is 0 Å². The number of thiol groups is 1. The molecule has 0 bridgehead atoms. The minimum Gasteiger partial charge on any atom is -0.480 e. The Balaban J connectivity index is 4.18. The Kier molecular flexibility index (Phi) is 8.88. The Bertz CT molecular complexity index is 352. The molecular formula is C10H19N3O6S. The second-order valence-electron chi connectivity index (χ2n) is 4.01. The van der Waals surface area contributed by atoms with Crippen LogP contribution < -0.4 is 16.4 Å². The summed E-state index contributed by atoms with van der Waals surface area (Å²) < 4.78 is 0. The van der Waals surface area contributed by atoms with Gasteiger partial charge in [0.1, 0.15) is 12.1 Å². The van der Waals surface area contributed by atoms with Crippen LogP contribution in [0.25, 0.3) is 0 Å². The van der Waals surface area contributed by atoms with E-state index in [1.54, 1.807) is 0 Å². The minimum atomic E-state index is -1.69. The lowest BCUT2D eigenvalue weighted by Gasteiger charge is -2.17. The second kappa shape index (κ2) is 9.53. The number of nitrogens with two attached hydrogens (primary N) is 1. The Labute approximate surface area is 120 Å². The van der Waals surface area contributed by atoms with Gasteiger partial charge in [-0.2, -0.15) is 12.6 Å². The van der Waals surface area contributed by atoms with Gasteiger partial charge in [-0.3, -0.25) is 14.4 Å². The van der Waals surface area contributed by atoms with Gasteiger partial charge in [0.15, 0.2) is 6.29 Å². The van der Waals surface area contributed by atoms with Crippen LogP contribution in [0.15, 0.2) is 0 Å². The maximum atomic E-state index is 11.5. The third-order valence-electron chi connectivity index (χ3n) is 2.29. The molecule has 2 amide bonds. The quantitative estimate of drug-likeness (QED) is 0.176. The monoisotopic (exact) mass is 309 g/mol. The normalized spacial score (nSPS) is 13.7. The van der Waals surface area contributed by atoms with Gasteiger partial charge in [0.2, 0.25) is 11.8 Å². The smallest absolute Gasteiger partial charge is 0.320 e. The summed E-state index contributed by atoms with van der Waals surface area (Å²) in [5.41, 5.74) is 5.24. The number of carboxylic acid groups (broad SMARTS) is 1. The van der Waals surface area contributed by atoms with Crippen LogP contribution >= 0.6 is 12.6 Å². The number of aliphatic hydroxyl groups is 2. The lowest BCUT2D eigenvalue weighted by Crippen LogP contribution is -2.49. The van der Waals surface area contributed by atoms with E-state index in [1.165, 1.54) is 0 Å². The molecule has 0 rings (SSSR count). The van der Waals surface area contributed by atoms with Crippen molar-refractivity contribution in [2.75, 3.05) is 12.3 Å². The zero-order chi connectivity index (χ0) is 15.7. The molecule has 0 aliphatic heterocycles. The Morgan fingerprint density at radius 3 is 2.30 bits per heavy atom. The predicted molar refractivity (Wildman–Crippen MR) is 71.9 cm³/mol. The van der Waals surface area contributed by atoms with Crippen molar-refractivity contribution in [3.05, 3.63) is 0 Å². The minimum absolute atomic E-state index is 0.00405. The number of hydrogen-bond donors (Lipinski definition) is 7. The van der Waals surface area contributed by atoms with E-state index in [0.29, 0.717) is 0 Å². The Morgan fingerprint density at radius 1 is 1.25 bits per heavy atom. The van der Waals surface area contributed by atoms with Gasteiger partial charge in [-0.15, -0.1) is 0 Å². The molecule has 9 nitrogen and oxygen atoms in total. The summed E-state index contributed by atoms with van der Waals surface area (Å²) in [6.07, 6.45) is -1.89. The number of carbonyl (C=O) groups is 3. The standard InChI is InChI=1S/C10H19N3O6S/c11-5(10(18)19)1-2-7(14)13-6(4-20)9(17)12-3-8(15)16/h5-6,8,15-16,20H,1-4,11H2,(H,12,17)(H,13,14)(H,18,19). The number of amides is 2. The topological polar surface area (TPSA) is 162 Å². The highest BCUT2D eigenvalue weighted by molar-refractivity contribution is 7.80. The number of aliphatic carboxylic acids is 1. The Hall–Kier alpha value is -1.36. The van der Waals surface area contributed by atoms with Crippen LogP contribution in [0, 0.1) is 0 Å². The molecule has 0 fully saturated rings. The van der Waals surface area contributed by atoms with Gasteiger partial charge in [-0.1, -0.05) is 0 Å². The summed E-state index contributed by atoms with van der Waals surface area (Å²) in [5, 5.41) is 30.3. The third kappa shape index (κ3) is 7.94. The van der Waals surface area contributed by atoms with Crippen LogP contribution in [0.2, 0.25) is 0 Å². The van der Waals surface area contributed by atoms with Crippen molar-refractivity contribution in [1.82, 2.24) is 10.6 Å². The van der Waals surface area contributed by atoms with Crippen LogP contribution in [0.1, 0.15) is 12.8 Å². The molecule has 0 aromatic heterocycles. The fraction of sp³-hybridized carbons (Fsp3) is 0.700. The molecule has 0 aromatic carbocycles. The maximum Gasteiger partial charge on any atom is 0.320 e. The van der Waals surface area contributed by atoms with Crippen molar-refractivity contribution in [2.24, 2.45) is 5.73 Å². The summed E-state index contributed by atoms with van der Waals surface area (Å²) in [4.78, 5) is 33.5. The van der Waals surface area contributed by atoms with Gasteiger partial charge in [0, 0.05) is 12.2 Å². The third-order valence-corrected chi connectivity index (χ3v) is 2.66. The largest absolute Gasteiger partial charge is 0.480 e. The van der Waals surface area contributed by atoms with Crippen LogP contribution in [-0.2, 0) is 14.4 Å². The molecule has 0 spiro atoms. The first-order chi connectivity index (χ1) is 9.27. The summed E-state index contributed by atoms with van der Waals surface area (Å²) in [5.74, 6) is -2.37. The van der Waals surface area contributed by atoms with Crippen LogP contribution in [0.5, 0.6) is 0 Å². The lowest BCUT2D eigenvalue weighted by molar-refractivity contribution is -0.138. The Morgan fingerprint density at radius 2 is 1.85 bits per heavy atom. The summed E-state index contributed by atoms with van der Waals surface area (Å²) in [6, 6.07) is -2.10. The van der Waals surface area contributed by atoms with Crippen molar-refractivity contribution in [3.8, 4) is 0 Å².